The number of hydrogen-bond acceptors (Lipinski definition) is 4. The van der Waals surface area contributed by atoms with Gasteiger partial charge in [-0.3, -0.25) is 0 Å². The Morgan fingerprint density at radius 2 is 2.05 bits per heavy atom. The number of oxime groups is 1. The molecule has 2 N–H and O–H groups in total. The van der Waals surface area contributed by atoms with Crippen molar-refractivity contribution in [2.24, 2.45) is 5.16 Å². The second-order valence-electron chi connectivity index (χ2n) is 4.43. The highest BCUT2D eigenvalue weighted by Crippen LogP contribution is 2.12. The van der Waals surface area contributed by atoms with Crippen molar-refractivity contribution >= 4 is 23.3 Å². The number of carboxylic acids is 1. The molecule has 1 heterocycles. The van der Waals surface area contributed by atoms with Crippen LogP contribution in [-0.2, 0) is 17.8 Å². The van der Waals surface area contributed by atoms with E-state index in [1.807, 2.05) is 24.3 Å². The van der Waals surface area contributed by atoms with Gasteiger partial charge < -0.3 is 14.9 Å². The van der Waals surface area contributed by atoms with Gasteiger partial charge in [0, 0.05) is 24.0 Å². The van der Waals surface area contributed by atoms with Gasteiger partial charge in [-0.25, -0.2) is 9.78 Å². The molecule has 0 unspecified atom stereocenters. The molecule has 21 heavy (non-hydrogen) atoms. The molecule has 0 atom stereocenters. The highest BCUT2D eigenvalue weighted by atomic mass is 35.5. The zero-order chi connectivity index (χ0) is 15.2. The zero-order valence-electron chi connectivity index (χ0n) is 11.1. The summed E-state index contributed by atoms with van der Waals surface area (Å²) in [5.74, 6) is -1.18. The maximum Gasteiger partial charge on any atom is 0.361 e. The van der Waals surface area contributed by atoms with Crippen LogP contribution >= 0.6 is 11.6 Å². The number of aromatic nitrogens is 2. The summed E-state index contributed by atoms with van der Waals surface area (Å²) in [4.78, 5) is 14.9. The van der Waals surface area contributed by atoms with E-state index in [9.17, 15) is 4.79 Å². The van der Waals surface area contributed by atoms with Crippen LogP contribution in [0.5, 0.6) is 0 Å². The topological polar surface area (TPSA) is 87.7 Å². The van der Waals surface area contributed by atoms with E-state index in [0.717, 1.165) is 18.4 Å². The zero-order valence-corrected chi connectivity index (χ0v) is 11.9. The van der Waals surface area contributed by atoms with Crippen LogP contribution in [0.15, 0.2) is 41.8 Å². The van der Waals surface area contributed by atoms with Gasteiger partial charge in [0.15, 0.2) is 5.82 Å². The first kappa shape index (κ1) is 15.1. The predicted molar refractivity (Wildman–Crippen MR) is 78.0 cm³/mol. The lowest BCUT2D eigenvalue weighted by atomic mass is 10.1. The van der Waals surface area contributed by atoms with Gasteiger partial charge in [0.05, 0.1) is 0 Å². The van der Waals surface area contributed by atoms with Gasteiger partial charge in [0.2, 0.25) is 5.71 Å². The van der Waals surface area contributed by atoms with Crippen molar-refractivity contribution in [3.8, 4) is 0 Å². The summed E-state index contributed by atoms with van der Waals surface area (Å²) < 4.78 is 1.65. The minimum Gasteiger partial charge on any atom is -0.476 e. The van der Waals surface area contributed by atoms with Crippen LogP contribution < -0.4 is 0 Å². The second kappa shape index (κ2) is 6.90. The Hall–Kier alpha value is -2.34. The molecule has 6 nitrogen and oxygen atoms in total. The molecule has 7 heteroatoms. The lowest BCUT2D eigenvalue weighted by molar-refractivity contribution is -0.129. The lowest BCUT2D eigenvalue weighted by Crippen LogP contribution is -2.20. The van der Waals surface area contributed by atoms with E-state index in [1.54, 1.807) is 10.8 Å². The van der Waals surface area contributed by atoms with E-state index < -0.39 is 11.7 Å². The van der Waals surface area contributed by atoms with E-state index in [2.05, 4.69) is 10.1 Å². The Bertz CT molecular complexity index is 650. The summed E-state index contributed by atoms with van der Waals surface area (Å²) in [6.45, 7) is 0.574. The Balaban J connectivity index is 2.00. The second-order valence-corrected chi connectivity index (χ2v) is 4.86. The summed E-state index contributed by atoms with van der Waals surface area (Å²) in [5, 5.41) is 21.2. The van der Waals surface area contributed by atoms with Crippen LogP contribution in [-0.4, -0.2) is 31.5 Å². The molecular weight excluding hydrogens is 294 g/mol. The van der Waals surface area contributed by atoms with Crippen LogP contribution in [0.2, 0.25) is 5.02 Å². The molecule has 0 aliphatic rings. The average Bonchev–Trinajstić information content (AvgIpc) is 2.90. The highest BCUT2D eigenvalue weighted by molar-refractivity contribution is 6.41. The van der Waals surface area contributed by atoms with Crippen molar-refractivity contribution < 1.29 is 15.1 Å². The number of carbonyl (C=O) groups is 1. The van der Waals surface area contributed by atoms with E-state index in [4.69, 9.17) is 21.9 Å². The van der Waals surface area contributed by atoms with Gasteiger partial charge in [-0.1, -0.05) is 28.9 Å². The largest absolute Gasteiger partial charge is 0.476 e. The Morgan fingerprint density at radius 3 is 2.67 bits per heavy atom. The van der Waals surface area contributed by atoms with E-state index in [-0.39, 0.29) is 5.82 Å². The molecule has 0 bridgehead atoms. The number of carboxylic acid groups (broad SMARTS) is 1. The third kappa shape index (κ3) is 3.82. The highest BCUT2D eigenvalue weighted by Gasteiger charge is 2.18. The molecule has 1 aromatic heterocycles. The Kier molecular flexibility index (Phi) is 4.94. The van der Waals surface area contributed by atoms with Crippen molar-refractivity contribution in [2.45, 2.75) is 19.4 Å². The summed E-state index contributed by atoms with van der Waals surface area (Å²) in [6.07, 6.45) is 4.76. The van der Waals surface area contributed by atoms with Crippen LogP contribution in [0.4, 0.5) is 0 Å². The SMILES string of the molecule is O=C(O)/C(=N\O)c1nccn1CCCc1ccc(Cl)cc1. The van der Waals surface area contributed by atoms with Crippen molar-refractivity contribution in [1.82, 2.24) is 9.55 Å². The monoisotopic (exact) mass is 307 g/mol. The quantitative estimate of drug-likeness (QED) is 0.487. The molecule has 0 saturated carbocycles. The van der Waals surface area contributed by atoms with Gasteiger partial charge >= 0.3 is 5.97 Å². The minimum absolute atomic E-state index is 0.140. The first-order valence-corrected chi connectivity index (χ1v) is 6.71. The molecule has 0 aliphatic heterocycles. The maximum atomic E-state index is 11.0. The number of nitrogens with zero attached hydrogens (tertiary/aromatic N) is 3. The molecule has 1 aromatic carbocycles. The molecular formula is C14H14ClN3O3. The number of rotatable bonds is 6. The molecule has 2 rings (SSSR count). The molecule has 0 spiro atoms. The molecule has 2 aromatic rings. The fourth-order valence-corrected chi connectivity index (χ4v) is 2.12. The van der Waals surface area contributed by atoms with E-state index in [1.165, 1.54) is 6.20 Å². The smallest absolute Gasteiger partial charge is 0.361 e. The first-order chi connectivity index (χ1) is 10.1. The van der Waals surface area contributed by atoms with Crippen molar-refractivity contribution in [3.63, 3.8) is 0 Å². The fourth-order valence-electron chi connectivity index (χ4n) is 1.99. The van der Waals surface area contributed by atoms with Gasteiger partial charge in [0.1, 0.15) is 0 Å². The van der Waals surface area contributed by atoms with Crippen LogP contribution in [0.1, 0.15) is 17.8 Å². The summed E-state index contributed by atoms with van der Waals surface area (Å²) >= 11 is 5.82. The molecule has 0 aliphatic carbocycles. The number of benzene rings is 1. The number of hydrogen-bond donors (Lipinski definition) is 2. The number of imidazole rings is 1. The maximum absolute atomic E-state index is 11.0. The summed E-state index contributed by atoms with van der Waals surface area (Å²) in [7, 11) is 0. The summed E-state index contributed by atoms with van der Waals surface area (Å²) in [6, 6.07) is 7.57. The molecule has 0 fully saturated rings. The number of aryl methyl sites for hydroxylation is 2. The first-order valence-electron chi connectivity index (χ1n) is 6.33. The molecule has 0 radical (unpaired) electrons. The standard InChI is InChI=1S/C14H14ClN3O3/c15-11-5-3-10(4-6-11)2-1-8-18-9-7-16-13(18)12(17-21)14(19)20/h3-7,9,21H,1-2,8H2,(H,19,20)/b17-12-. The molecule has 0 saturated heterocycles. The van der Waals surface area contributed by atoms with Crippen LogP contribution in [0.3, 0.4) is 0 Å². The Labute approximate surface area is 126 Å². The number of aliphatic carboxylic acids is 1. The van der Waals surface area contributed by atoms with E-state index >= 15 is 0 Å². The van der Waals surface area contributed by atoms with Crippen LogP contribution in [0, 0.1) is 0 Å². The fraction of sp³-hybridized carbons (Fsp3) is 0.214. The van der Waals surface area contributed by atoms with Crippen molar-refractivity contribution in [1.29, 1.82) is 0 Å². The molecule has 110 valence electrons. The van der Waals surface area contributed by atoms with Gasteiger partial charge in [-0.05, 0) is 30.5 Å². The van der Waals surface area contributed by atoms with Gasteiger partial charge in [-0.2, -0.15) is 0 Å². The Morgan fingerprint density at radius 1 is 1.33 bits per heavy atom. The minimum atomic E-state index is -1.32. The third-order valence-corrected chi connectivity index (χ3v) is 3.26. The van der Waals surface area contributed by atoms with Crippen molar-refractivity contribution in [2.75, 3.05) is 0 Å². The van der Waals surface area contributed by atoms with Crippen LogP contribution in [0.25, 0.3) is 0 Å². The third-order valence-electron chi connectivity index (χ3n) is 3.01. The predicted octanol–water partition coefficient (Wildman–Crippen LogP) is 2.43. The lowest BCUT2D eigenvalue weighted by Gasteiger charge is -2.07. The normalized spacial score (nSPS) is 11.6. The van der Waals surface area contributed by atoms with Crippen molar-refractivity contribution in [3.05, 3.63) is 53.1 Å². The molecule has 0 amide bonds. The number of halogens is 1. The van der Waals surface area contributed by atoms with Gasteiger partial charge in [0.25, 0.3) is 0 Å². The average molecular weight is 308 g/mol. The van der Waals surface area contributed by atoms with Gasteiger partial charge in [-0.15, -0.1) is 0 Å². The summed E-state index contributed by atoms with van der Waals surface area (Å²) in [5.41, 5.74) is 0.682. The van der Waals surface area contributed by atoms with E-state index in [0.29, 0.717) is 11.6 Å².